The highest BCUT2D eigenvalue weighted by atomic mass is 16.4. The van der Waals surface area contributed by atoms with Crippen LogP contribution in [-0.2, 0) is 20.8 Å². The Morgan fingerprint density at radius 1 is 1.09 bits per heavy atom. The number of carbonyl (C=O) groups is 3. The Morgan fingerprint density at radius 2 is 1.77 bits per heavy atom. The van der Waals surface area contributed by atoms with E-state index < -0.39 is 47.2 Å². The number of H-pyrrole nitrogens is 1. The molecule has 3 N–H and O–H groups in total. The van der Waals surface area contributed by atoms with Gasteiger partial charge in [0, 0.05) is 13.0 Å². The van der Waals surface area contributed by atoms with Crippen LogP contribution in [0.3, 0.4) is 0 Å². The first kappa shape index (κ1) is 23.9. The summed E-state index contributed by atoms with van der Waals surface area (Å²) < 4.78 is 0.921. The number of nitrogens with one attached hydrogen (secondary N) is 2. The SMILES string of the molecule is C[C@H](NC(=O)[C@@H]1CCCN1C(=O)[C@H](Cc1ccccc1)n1c(=O)[nH]c2ccccc2c1=O)C(=O)O. The lowest BCUT2D eigenvalue weighted by atomic mass is 10.0. The zero-order valence-corrected chi connectivity index (χ0v) is 19.1. The molecule has 0 spiro atoms. The number of nitrogens with zero attached hydrogens (tertiary/aromatic N) is 2. The largest absolute Gasteiger partial charge is 0.480 e. The van der Waals surface area contributed by atoms with Crippen molar-refractivity contribution >= 4 is 28.7 Å². The van der Waals surface area contributed by atoms with Gasteiger partial charge in [-0.3, -0.25) is 19.2 Å². The molecular formula is C25H26N4O6. The number of amides is 2. The van der Waals surface area contributed by atoms with Crippen LogP contribution in [0.1, 0.15) is 31.4 Å². The molecule has 10 heteroatoms. The first-order valence-electron chi connectivity index (χ1n) is 11.4. The normalized spacial score (nSPS) is 17.2. The van der Waals surface area contributed by atoms with Crippen LogP contribution in [0.25, 0.3) is 10.9 Å². The van der Waals surface area contributed by atoms with Crippen LogP contribution in [0, 0.1) is 0 Å². The molecule has 1 aliphatic rings. The monoisotopic (exact) mass is 478 g/mol. The summed E-state index contributed by atoms with van der Waals surface area (Å²) >= 11 is 0. The number of rotatable bonds is 7. The fourth-order valence-electron chi connectivity index (χ4n) is 4.45. The lowest BCUT2D eigenvalue weighted by molar-refractivity contribution is -0.144. The second kappa shape index (κ2) is 9.96. The molecule has 182 valence electrons. The Balaban J connectivity index is 1.75. The zero-order chi connectivity index (χ0) is 25.1. The Kier molecular flexibility index (Phi) is 6.81. The molecule has 1 aromatic heterocycles. The van der Waals surface area contributed by atoms with Gasteiger partial charge in [0.05, 0.1) is 10.9 Å². The second-order valence-corrected chi connectivity index (χ2v) is 8.61. The average molecular weight is 479 g/mol. The van der Waals surface area contributed by atoms with Crippen molar-refractivity contribution in [3.63, 3.8) is 0 Å². The predicted octanol–water partition coefficient (Wildman–Crippen LogP) is 1.05. The molecule has 2 aromatic carbocycles. The smallest absolute Gasteiger partial charge is 0.329 e. The summed E-state index contributed by atoms with van der Waals surface area (Å²) in [6.45, 7) is 1.59. The minimum Gasteiger partial charge on any atom is -0.480 e. The Morgan fingerprint density at radius 3 is 2.49 bits per heavy atom. The molecule has 1 aliphatic heterocycles. The summed E-state index contributed by atoms with van der Waals surface area (Å²) in [7, 11) is 0. The van der Waals surface area contributed by atoms with Crippen LogP contribution >= 0.6 is 0 Å². The second-order valence-electron chi connectivity index (χ2n) is 8.61. The number of benzene rings is 2. The number of hydrogen-bond donors (Lipinski definition) is 3. The first-order chi connectivity index (χ1) is 16.8. The van der Waals surface area contributed by atoms with Crippen LogP contribution in [0.4, 0.5) is 0 Å². The average Bonchev–Trinajstić information content (AvgIpc) is 3.34. The van der Waals surface area contributed by atoms with Gasteiger partial charge >= 0.3 is 11.7 Å². The summed E-state index contributed by atoms with van der Waals surface area (Å²) in [6.07, 6.45) is 0.953. The maximum atomic E-state index is 13.8. The number of hydrogen-bond acceptors (Lipinski definition) is 5. The number of para-hydroxylation sites is 1. The number of aromatic nitrogens is 2. The number of carboxylic acid groups (broad SMARTS) is 1. The number of likely N-dealkylation sites (tertiary alicyclic amines) is 1. The Labute approximate surface area is 200 Å². The van der Waals surface area contributed by atoms with Crippen LogP contribution in [0.15, 0.2) is 64.2 Å². The minimum atomic E-state index is -1.19. The van der Waals surface area contributed by atoms with Crippen molar-refractivity contribution in [2.75, 3.05) is 6.54 Å². The van der Waals surface area contributed by atoms with Gasteiger partial charge in [0.25, 0.3) is 5.56 Å². The molecule has 0 radical (unpaired) electrons. The van der Waals surface area contributed by atoms with Gasteiger partial charge < -0.3 is 20.3 Å². The maximum absolute atomic E-state index is 13.8. The molecule has 4 rings (SSSR count). The molecule has 35 heavy (non-hydrogen) atoms. The van der Waals surface area contributed by atoms with Crippen molar-refractivity contribution in [1.29, 1.82) is 0 Å². The van der Waals surface area contributed by atoms with Crippen LogP contribution in [-0.4, -0.2) is 56.0 Å². The molecule has 0 bridgehead atoms. The number of aromatic amines is 1. The highest BCUT2D eigenvalue weighted by Gasteiger charge is 2.39. The fourth-order valence-corrected chi connectivity index (χ4v) is 4.45. The van der Waals surface area contributed by atoms with Gasteiger partial charge in [-0.2, -0.15) is 0 Å². The quantitative estimate of drug-likeness (QED) is 0.464. The van der Waals surface area contributed by atoms with E-state index in [0.717, 1.165) is 10.1 Å². The summed E-state index contributed by atoms with van der Waals surface area (Å²) in [4.78, 5) is 68.2. The summed E-state index contributed by atoms with van der Waals surface area (Å²) in [6, 6.07) is 12.4. The minimum absolute atomic E-state index is 0.0668. The molecule has 1 fully saturated rings. The third-order valence-electron chi connectivity index (χ3n) is 6.27. The molecule has 0 aliphatic carbocycles. The molecular weight excluding hydrogens is 452 g/mol. The van der Waals surface area contributed by atoms with E-state index in [1.165, 1.54) is 11.8 Å². The van der Waals surface area contributed by atoms with E-state index in [0.29, 0.717) is 18.4 Å². The van der Waals surface area contributed by atoms with Gasteiger partial charge in [-0.15, -0.1) is 0 Å². The van der Waals surface area contributed by atoms with E-state index in [2.05, 4.69) is 10.3 Å². The van der Waals surface area contributed by atoms with E-state index in [4.69, 9.17) is 5.11 Å². The van der Waals surface area contributed by atoms with Crippen molar-refractivity contribution in [1.82, 2.24) is 19.8 Å². The Bertz CT molecular complexity index is 1380. The third kappa shape index (κ3) is 4.86. The molecule has 0 unspecified atom stereocenters. The molecule has 10 nitrogen and oxygen atoms in total. The van der Waals surface area contributed by atoms with Gasteiger partial charge in [-0.1, -0.05) is 42.5 Å². The van der Waals surface area contributed by atoms with E-state index in [9.17, 15) is 24.0 Å². The fraction of sp³-hybridized carbons (Fsp3) is 0.320. The molecule has 2 heterocycles. The van der Waals surface area contributed by atoms with Crippen molar-refractivity contribution in [2.45, 2.75) is 44.3 Å². The Hall–Kier alpha value is -4.21. The summed E-state index contributed by atoms with van der Waals surface area (Å²) in [5.41, 5.74) is -0.211. The van der Waals surface area contributed by atoms with Gasteiger partial charge in [0.1, 0.15) is 18.1 Å². The van der Waals surface area contributed by atoms with Gasteiger partial charge in [0.15, 0.2) is 0 Å². The standard InChI is InChI=1S/C25H26N4O6/c1-15(24(33)34)26-21(30)19-12-7-13-28(19)23(32)20(14-16-8-3-2-4-9-16)29-22(31)17-10-5-6-11-18(17)27-25(29)35/h2-6,8-11,15,19-20H,7,12-14H2,1H3,(H,26,30)(H,27,35)(H,33,34)/t15-,19-,20-/m0/s1. The highest BCUT2D eigenvalue weighted by molar-refractivity contribution is 5.92. The van der Waals surface area contributed by atoms with Crippen molar-refractivity contribution in [3.8, 4) is 0 Å². The lowest BCUT2D eigenvalue weighted by Gasteiger charge is -2.29. The van der Waals surface area contributed by atoms with E-state index in [-0.39, 0.29) is 18.4 Å². The number of carbonyl (C=O) groups excluding carboxylic acids is 2. The predicted molar refractivity (Wildman–Crippen MR) is 128 cm³/mol. The highest BCUT2D eigenvalue weighted by Crippen LogP contribution is 2.24. The van der Waals surface area contributed by atoms with E-state index in [1.807, 2.05) is 6.07 Å². The zero-order valence-electron chi connectivity index (χ0n) is 19.1. The van der Waals surface area contributed by atoms with Gasteiger partial charge in [0.2, 0.25) is 11.8 Å². The number of fused-ring (bicyclic) bond motifs is 1. The molecule has 3 atom stereocenters. The van der Waals surface area contributed by atoms with E-state index >= 15 is 0 Å². The topological polar surface area (TPSA) is 142 Å². The lowest BCUT2D eigenvalue weighted by Crippen LogP contribution is -2.53. The molecule has 3 aromatic rings. The van der Waals surface area contributed by atoms with E-state index in [1.54, 1.807) is 48.5 Å². The summed E-state index contributed by atoms with van der Waals surface area (Å²) in [5.74, 6) is -2.31. The first-order valence-corrected chi connectivity index (χ1v) is 11.4. The van der Waals surface area contributed by atoms with Gasteiger partial charge in [-0.05, 0) is 37.5 Å². The third-order valence-corrected chi connectivity index (χ3v) is 6.27. The van der Waals surface area contributed by atoms with Crippen molar-refractivity contribution in [3.05, 3.63) is 81.0 Å². The van der Waals surface area contributed by atoms with Gasteiger partial charge in [-0.25, -0.2) is 9.36 Å². The van der Waals surface area contributed by atoms with Crippen LogP contribution in [0.5, 0.6) is 0 Å². The summed E-state index contributed by atoms with van der Waals surface area (Å²) in [5, 5.41) is 11.8. The number of carboxylic acids is 1. The molecule has 0 saturated carbocycles. The molecule has 1 saturated heterocycles. The number of aliphatic carboxylic acids is 1. The molecule has 2 amide bonds. The van der Waals surface area contributed by atoms with Crippen LogP contribution < -0.4 is 16.6 Å². The van der Waals surface area contributed by atoms with Crippen molar-refractivity contribution in [2.24, 2.45) is 0 Å². The van der Waals surface area contributed by atoms with Crippen LogP contribution in [0.2, 0.25) is 0 Å². The van der Waals surface area contributed by atoms with Crippen molar-refractivity contribution < 1.29 is 19.5 Å². The maximum Gasteiger partial charge on any atom is 0.329 e.